The molecule has 1 aliphatic heterocycles. The summed E-state index contributed by atoms with van der Waals surface area (Å²) < 4.78 is 31.0. The zero-order chi connectivity index (χ0) is 26.3. The van der Waals surface area contributed by atoms with Gasteiger partial charge in [-0.3, -0.25) is 9.69 Å². The lowest BCUT2D eigenvalue weighted by molar-refractivity contribution is -0.152. The number of carbonyl (C=O) groups excluding carboxylic acids is 1. The first-order valence-electron chi connectivity index (χ1n) is 12.3. The average molecular weight is 503 g/mol. The van der Waals surface area contributed by atoms with Gasteiger partial charge in [0.05, 0.1) is 13.2 Å². The van der Waals surface area contributed by atoms with Gasteiger partial charge < -0.3 is 24.6 Å². The Kier molecular flexibility index (Phi) is 9.14. The number of nitrogens with zero attached hydrogens (tertiary/aromatic N) is 1. The lowest BCUT2D eigenvalue weighted by Gasteiger charge is -2.32. The lowest BCUT2D eigenvalue weighted by Crippen LogP contribution is -2.44. The first-order chi connectivity index (χ1) is 17.1. The molecule has 2 aromatic rings. The molecule has 1 aliphatic rings. The van der Waals surface area contributed by atoms with E-state index in [2.05, 4.69) is 10.2 Å². The molecule has 0 bridgehead atoms. The molecule has 1 amide bonds. The number of aliphatic carboxylic acids is 1. The Morgan fingerprint density at radius 3 is 2.25 bits per heavy atom. The van der Waals surface area contributed by atoms with E-state index in [4.69, 9.17) is 14.2 Å². The SMILES string of the molecule is CCOc1cc(CN2CCC(NC(=O)c3cccc(OC(C)(C)C(=O)O)c3)CC2)cc(OCC)c1F. The summed E-state index contributed by atoms with van der Waals surface area (Å²) in [5, 5.41) is 12.3. The van der Waals surface area contributed by atoms with Gasteiger partial charge in [-0.15, -0.1) is 0 Å². The number of benzene rings is 2. The number of amides is 1. The fraction of sp³-hybridized carbons (Fsp3) is 0.481. The molecule has 1 heterocycles. The summed E-state index contributed by atoms with van der Waals surface area (Å²) in [6, 6.07) is 9.97. The Morgan fingerprint density at radius 1 is 1.08 bits per heavy atom. The van der Waals surface area contributed by atoms with E-state index in [1.54, 1.807) is 36.4 Å². The lowest BCUT2D eigenvalue weighted by atomic mass is 10.0. The molecule has 196 valence electrons. The number of ether oxygens (including phenoxy) is 3. The topological polar surface area (TPSA) is 97.3 Å². The molecule has 3 rings (SSSR count). The van der Waals surface area contributed by atoms with Crippen LogP contribution in [0.1, 0.15) is 56.5 Å². The van der Waals surface area contributed by atoms with Crippen molar-refractivity contribution in [3.05, 3.63) is 53.3 Å². The first-order valence-corrected chi connectivity index (χ1v) is 12.3. The number of hydrogen-bond acceptors (Lipinski definition) is 6. The fourth-order valence-corrected chi connectivity index (χ4v) is 4.04. The number of carboxylic acids is 1. The van der Waals surface area contributed by atoms with Gasteiger partial charge >= 0.3 is 5.97 Å². The van der Waals surface area contributed by atoms with Crippen LogP contribution in [0.2, 0.25) is 0 Å². The Labute approximate surface area is 211 Å². The van der Waals surface area contributed by atoms with Crippen LogP contribution >= 0.6 is 0 Å². The summed E-state index contributed by atoms with van der Waals surface area (Å²) in [6.07, 6.45) is 1.54. The molecule has 2 N–H and O–H groups in total. The van der Waals surface area contributed by atoms with E-state index >= 15 is 0 Å². The molecule has 0 atom stereocenters. The highest BCUT2D eigenvalue weighted by Gasteiger charge is 2.29. The van der Waals surface area contributed by atoms with Gasteiger partial charge in [0, 0.05) is 31.2 Å². The minimum absolute atomic E-state index is 0.0139. The summed E-state index contributed by atoms with van der Waals surface area (Å²) in [4.78, 5) is 26.4. The third-order valence-corrected chi connectivity index (χ3v) is 5.98. The molecule has 1 saturated heterocycles. The zero-order valence-corrected chi connectivity index (χ0v) is 21.3. The summed E-state index contributed by atoms with van der Waals surface area (Å²) in [5.74, 6) is -1.09. The fourth-order valence-electron chi connectivity index (χ4n) is 4.04. The maximum atomic E-state index is 14.5. The van der Waals surface area contributed by atoms with E-state index in [-0.39, 0.29) is 23.4 Å². The van der Waals surface area contributed by atoms with Crippen molar-refractivity contribution in [3.63, 3.8) is 0 Å². The zero-order valence-electron chi connectivity index (χ0n) is 21.3. The highest BCUT2D eigenvalue weighted by Crippen LogP contribution is 2.30. The van der Waals surface area contributed by atoms with Gasteiger partial charge in [0.15, 0.2) is 17.1 Å². The molecule has 0 aromatic heterocycles. The van der Waals surface area contributed by atoms with E-state index in [1.165, 1.54) is 13.8 Å². The number of carbonyl (C=O) groups is 2. The Morgan fingerprint density at radius 2 is 1.69 bits per heavy atom. The van der Waals surface area contributed by atoms with Crippen molar-refractivity contribution in [2.75, 3.05) is 26.3 Å². The minimum atomic E-state index is -1.40. The molecule has 2 aromatic carbocycles. The van der Waals surface area contributed by atoms with Crippen molar-refractivity contribution in [1.29, 1.82) is 0 Å². The number of hydrogen-bond donors (Lipinski definition) is 2. The average Bonchev–Trinajstić information content (AvgIpc) is 2.83. The second-order valence-corrected chi connectivity index (χ2v) is 9.24. The highest BCUT2D eigenvalue weighted by molar-refractivity contribution is 5.94. The highest BCUT2D eigenvalue weighted by atomic mass is 19.1. The maximum absolute atomic E-state index is 14.5. The predicted octanol–water partition coefficient (Wildman–Crippen LogP) is 4.26. The molecule has 8 nitrogen and oxygen atoms in total. The van der Waals surface area contributed by atoms with E-state index in [0.717, 1.165) is 31.5 Å². The second kappa shape index (κ2) is 12.1. The van der Waals surface area contributed by atoms with Crippen molar-refractivity contribution < 1.29 is 33.3 Å². The summed E-state index contributed by atoms with van der Waals surface area (Å²) in [6.45, 7) is 9.43. The van der Waals surface area contributed by atoms with Crippen LogP contribution in [0, 0.1) is 5.82 Å². The summed E-state index contributed by atoms with van der Waals surface area (Å²) in [5.41, 5.74) is -0.0829. The quantitative estimate of drug-likeness (QED) is 0.474. The van der Waals surface area contributed by atoms with Gasteiger partial charge in [0.25, 0.3) is 5.91 Å². The van der Waals surface area contributed by atoms with E-state index < -0.39 is 17.4 Å². The van der Waals surface area contributed by atoms with Crippen LogP contribution in [0.15, 0.2) is 36.4 Å². The normalized spacial score (nSPS) is 14.8. The van der Waals surface area contributed by atoms with Crippen LogP contribution in [-0.4, -0.2) is 59.8 Å². The van der Waals surface area contributed by atoms with Crippen LogP contribution in [-0.2, 0) is 11.3 Å². The van der Waals surface area contributed by atoms with Crippen molar-refractivity contribution >= 4 is 11.9 Å². The van der Waals surface area contributed by atoms with Crippen LogP contribution in [0.25, 0.3) is 0 Å². The van der Waals surface area contributed by atoms with Crippen LogP contribution < -0.4 is 19.5 Å². The van der Waals surface area contributed by atoms with Crippen molar-refractivity contribution in [2.24, 2.45) is 0 Å². The third-order valence-electron chi connectivity index (χ3n) is 5.98. The molecule has 0 saturated carbocycles. The van der Waals surface area contributed by atoms with Gasteiger partial charge in [-0.2, -0.15) is 4.39 Å². The number of piperidine rings is 1. The number of nitrogens with one attached hydrogen (secondary N) is 1. The van der Waals surface area contributed by atoms with Crippen LogP contribution in [0.3, 0.4) is 0 Å². The molecule has 1 fully saturated rings. The number of rotatable bonds is 11. The molecular formula is C27H35FN2O6. The number of likely N-dealkylation sites (tertiary alicyclic amines) is 1. The Balaban J connectivity index is 1.56. The molecule has 0 aliphatic carbocycles. The van der Waals surface area contributed by atoms with E-state index in [9.17, 15) is 19.1 Å². The van der Waals surface area contributed by atoms with Gasteiger partial charge in [0.1, 0.15) is 5.75 Å². The van der Waals surface area contributed by atoms with Crippen LogP contribution in [0.4, 0.5) is 4.39 Å². The predicted molar refractivity (Wildman–Crippen MR) is 133 cm³/mol. The molecular weight excluding hydrogens is 467 g/mol. The van der Waals surface area contributed by atoms with Gasteiger partial charge in [-0.1, -0.05) is 6.07 Å². The van der Waals surface area contributed by atoms with E-state index in [1.807, 2.05) is 13.8 Å². The van der Waals surface area contributed by atoms with Gasteiger partial charge in [-0.05, 0) is 76.4 Å². The van der Waals surface area contributed by atoms with Gasteiger partial charge in [-0.25, -0.2) is 4.79 Å². The molecule has 9 heteroatoms. The molecule has 0 unspecified atom stereocenters. The maximum Gasteiger partial charge on any atom is 0.347 e. The van der Waals surface area contributed by atoms with Crippen molar-refractivity contribution in [2.45, 2.75) is 58.7 Å². The standard InChI is InChI=1S/C27H35FN2O6/c1-5-34-22-14-18(15-23(24(22)28)35-6-2)17-30-12-10-20(11-13-30)29-25(31)19-8-7-9-21(16-19)36-27(3,4)26(32)33/h7-9,14-16,20H,5-6,10-13,17H2,1-4H3,(H,29,31)(H,32,33). The second-order valence-electron chi connectivity index (χ2n) is 9.24. The Bertz CT molecular complexity index is 1040. The first kappa shape index (κ1) is 27.3. The number of carboxylic acid groups (broad SMARTS) is 1. The van der Waals surface area contributed by atoms with E-state index in [0.29, 0.717) is 31.1 Å². The molecule has 0 radical (unpaired) electrons. The molecule has 0 spiro atoms. The van der Waals surface area contributed by atoms with Crippen molar-refractivity contribution in [1.82, 2.24) is 10.2 Å². The summed E-state index contributed by atoms with van der Waals surface area (Å²) >= 11 is 0. The van der Waals surface area contributed by atoms with Crippen molar-refractivity contribution in [3.8, 4) is 17.2 Å². The Hall–Kier alpha value is -3.33. The van der Waals surface area contributed by atoms with Crippen LogP contribution in [0.5, 0.6) is 17.2 Å². The van der Waals surface area contributed by atoms with Gasteiger partial charge in [0.2, 0.25) is 5.82 Å². The smallest absolute Gasteiger partial charge is 0.347 e. The minimum Gasteiger partial charge on any atom is -0.491 e. The largest absolute Gasteiger partial charge is 0.491 e. The summed E-state index contributed by atoms with van der Waals surface area (Å²) in [7, 11) is 0. The third kappa shape index (κ3) is 7.10. The molecule has 36 heavy (non-hydrogen) atoms. The number of halogens is 1. The monoisotopic (exact) mass is 502 g/mol.